The first-order valence-electron chi connectivity index (χ1n) is 5.71. The lowest BCUT2D eigenvalue weighted by molar-refractivity contribution is -0.641. The highest BCUT2D eigenvalue weighted by atomic mass is 16.5. The number of hydrogen-bond acceptors (Lipinski definition) is 4. The lowest BCUT2D eigenvalue weighted by Gasteiger charge is -2.07. The molecule has 0 fully saturated rings. The van der Waals surface area contributed by atoms with E-state index in [0.717, 1.165) is 0 Å². The molecular weight excluding hydrogens is 232 g/mol. The molecule has 0 saturated carbocycles. The normalized spacial score (nSPS) is 9.28. The number of hydrogen-bond donors (Lipinski definition) is 1. The van der Waals surface area contributed by atoms with E-state index in [9.17, 15) is 4.79 Å². The second-order valence-corrected chi connectivity index (χ2v) is 3.37. The Morgan fingerprint density at radius 2 is 2.17 bits per heavy atom. The van der Waals surface area contributed by atoms with Crippen LogP contribution >= 0.6 is 0 Å². The molecule has 0 amide bonds. The molecule has 2 N–H and O–H groups in total. The highest BCUT2D eigenvalue weighted by Gasteiger charge is 2.21. The van der Waals surface area contributed by atoms with Crippen molar-refractivity contribution in [2.75, 3.05) is 19.1 Å². The number of esters is 1. The van der Waals surface area contributed by atoms with E-state index in [2.05, 4.69) is 11.8 Å². The molecule has 1 rings (SSSR count). The molecule has 0 aliphatic carbocycles. The van der Waals surface area contributed by atoms with Gasteiger partial charge in [0, 0.05) is 12.0 Å². The zero-order chi connectivity index (χ0) is 13.5. The van der Waals surface area contributed by atoms with Crippen molar-refractivity contribution in [1.29, 1.82) is 0 Å². The molecule has 0 radical (unpaired) electrons. The Morgan fingerprint density at radius 1 is 1.44 bits per heavy atom. The molecule has 0 aliphatic rings. The molecule has 96 valence electrons. The molecule has 18 heavy (non-hydrogen) atoms. The topological polar surface area (TPSA) is 65.4 Å². The first kappa shape index (κ1) is 13.8. The van der Waals surface area contributed by atoms with Gasteiger partial charge in [-0.3, -0.25) is 0 Å². The number of nitrogens with zero attached hydrogens (tertiary/aromatic N) is 1. The zero-order valence-electron chi connectivity index (χ0n) is 10.8. The Bertz CT molecular complexity index is 501. The molecule has 0 spiro atoms. The van der Waals surface area contributed by atoms with Crippen LogP contribution in [-0.2, 0) is 4.74 Å². The Labute approximate surface area is 106 Å². The maximum Gasteiger partial charge on any atom is 0.342 e. The Morgan fingerprint density at radius 3 is 2.72 bits per heavy atom. The van der Waals surface area contributed by atoms with Crippen LogP contribution in [0.15, 0.2) is 12.3 Å². The minimum Gasteiger partial charge on any atom is -0.487 e. The van der Waals surface area contributed by atoms with Gasteiger partial charge in [-0.1, -0.05) is 10.6 Å². The predicted molar refractivity (Wildman–Crippen MR) is 66.5 cm³/mol. The van der Waals surface area contributed by atoms with Gasteiger partial charge in [0.05, 0.1) is 13.2 Å². The first-order chi connectivity index (χ1) is 8.63. The van der Waals surface area contributed by atoms with E-state index in [4.69, 9.17) is 15.3 Å². The molecule has 0 atom stereocenters. The molecular formula is C13H17N2O3+. The Balaban J connectivity index is 3.28. The van der Waals surface area contributed by atoms with Crippen LogP contribution in [-0.4, -0.2) is 19.2 Å². The number of nitrogen functional groups attached to an aromatic ring is 1. The van der Waals surface area contributed by atoms with Crippen molar-refractivity contribution in [1.82, 2.24) is 0 Å². The summed E-state index contributed by atoms with van der Waals surface area (Å²) in [6, 6.07) is 1.57. The molecule has 1 aromatic rings. The molecule has 0 unspecified atom stereocenters. The summed E-state index contributed by atoms with van der Waals surface area (Å²) in [7, 11) is 0. The van der Waals surface area contributed by atoms with Gasteiger partial charge in [0.15, 0.2) is 0 Å². The minimum absolute atomic E-state index is 0.302. The van der Waals surface area contributed by atoms with Crippen LogP contribution in [0, 0.1) is 11.8 Å². The van der Waals surface area contributed by atoms with Crippen LogP contribution < -0.4 is 15.3 Å². The van der Waals surface area contributed by atoms with Crippen molar-refractivity contribution >= 4 is 5.97 Å². The molecule has 1 heterocycles. The number of rotatable bonds is 4. The van der Waals surface area contributed by atoms with E-state index < -0.39 is 5.97 Å². The van der Waals surface area contributed by atoms with E-state index in [-0.39, 0.29) is 0 Å². The Hall–Kier alpha value is -2.22. The van der Waals surface area contributed by atoms with E-state index in [1.807, 2.05) is 6.92 Å². The summed E-state index contributed by atoms with van der Waals surface area (Å²) in [6.07, 6.45) is 1.52. The molecule has 1 aromatic heterocycles. The summed E-state index contributed by atoms with van der Waals surface area (Å²) < 4.78 is 11.7. The lowest BCUT2D eigenvalue weighted by Crippen LogP contribution is -2.47. The second-order valence-electron chi connectivity index (χ2n) is 3.37. The summed E-state index contributed by atoms with van der Waals surface area (Å²) in [4.78, 5) is 11.8. The quantitative estimate of drug-likeness (QED) is 0.368. The standard InChI is InChI=1S/C13H16N2O3/c1-4-7-10-8-11(13(16)18-6-3)12(17-5-2)9-15(10)14/h8-9H,5-6H2,1-3H3,(H-,14,16)/p+1. The number of carbonyl (C=O) groups is 1. The molecule has 0 saturated heterocycles. The van der Waals surface area contributed by atoms with Crippen LogP contribution in [0.25, 0.3) is 0 Å². The lowest BCUT2D eigenvalue weighted by atomic mass is 10.2. The van der Waals surface area contributed by atoms with E-state index in [0.29, 0.717) is 30.2 Å². The third kappa shape index (κ3) is 3.14. The van der Waals surface area contributed by atoms with Crippen molar-refractivity contribution < 1.29 is 18.9 Å². The van der Waals surface area contributed by atoms with Crippen molar-refractivity contribution in [3.8, 4) is 17.6 Å². The second kappa shape index (κ2) is 6.50. The molecule has 0 aliphatic heterocycles. The SMILES string of the molecule is CC#Cc1cc(C(=O)OCC)c(OCC)c[n+]1N. The van der Waals surface area contributed by atoms with Crippen LogP contribution in [0.1, 0.15) is 36.8 Å². The fourth-order valence-electron chi connectivity index (χ4n) is 1.42. The maximum absolute atomic E-state index is 11.8. The summed E-state index contributed by atoms with van der Waals surface area (Å²) in [6.45, 7) is 6.01. The number of nitrogens with two attached hydrogens (primary N) is 1. The average molecular weight is 249 g/mol. The van der Waals surface area contributed by atoms with Gasteiger partial charge in [-0.15, -0.1) is 0 Å². The minimum atomic E-state index is -0.444. The third-order valence-electron chi connectivity index (χ3n) is 2.13. The summed E-state index contributed by atoms with van der Waals surface area (Å²) >= 11 is 0. The summed E-state index contributed by atoms with van der Waals surface area (Å²) in [5.41, 5.74) is 0.849. The number of ether oxygens (including phenoxy) is 2. The third-order valence-corrected chi connectivity index (χ3v) is 2.13. The first-order valence-corrected chi connectivity index (χ1v) is 5.71. The Kier molecular flexibility index (Phi) is 5.00. The number of aromatic nitrogens is 1. The number of carbonyl (C=O) groups excluding carboxylic acids is 1. The van der Waals surface area contributed by atoms with Crippen LogP contribution in [0.5, 0.6) is 5.75 Å². The molecule has 0 aromatic carbocycles. The van der Waals surface area contributed by atoms with Gasteiger partial charge >= 0.3 is 5.97 Å². The summed E-state index contributed by atoms with van der Waals surface area (Å²) in [5.74, 6) is 11.2. The maximum atomic E-state index is 11.8. The zero-order valence-corrected chi connectivity index (χ0v) is 10.8. The van der Waals surface area contributed by atoms with Crippen molar-refractivity contribution in [3.63, 3.8) is 0 Å². The fourth-order valence-corrected chi connectivity index (χ4v) is 1.42. The van der Waals surface area contributed by atoms with Crippen LogP contribution in [0.3, 0.4) is 0 Å². The van der Waals surface area contributed by atoms with Crippen LogP contribution in [0.4, 0.5) is 0 Å². The van der Waals surface area contributed by atoms with Gasteiger partial charge in [0.2, 0.25) is 11.9 Å². The van der Waals surface area contributed by atoms with E-state index in [1.165, 1.54) is 10.9 Å². The largest absolute Gasteiger partial charge is 0.487 e. The average Bonchev–Trinajstić information content (AvgIpc) is 2.33. The van der Waals surface area contributed by atoms with Crippen LogP contribution in [0.2, 0.25) is 0 Å². The molecule has 5 nitrogen and oxygen atoms in total. The summed E-state index contributed by atoms with van der Waals surface area (Å²) in [5, 5.41) is 0. The van der Waals surface area contributed by atoms with Gasteiger partial charge in [-0.25, -0.2) is 10.6 Å². The number of pyridine rings is 1. The van der Waals surface area contributed by atoms with E-state index in [1.54, 1.807) is 19.9 Å². The smallest absolute Gasteiger partial charge is 0.342 e. The van der Waals surface area contributed by atoms with Gasteiger partial charge in [-0.05, 0) is 20.8 Å². The fraction of sp³-hybridized carbons (Fsp3) is 0.385. The van der Waals surface area contributed by atoms with Crippen molar-refractivity contribution in [2.45, 2.75) is 20.8 Å². The predicted octanol–water partition coefficient (Wildman–Crippen LogP) is 0.635. The highest BCUT2D eigenvalue weighted by molar-refractivity contribution is 5.92. The van der Waals surface area contributed by atoms with Crippen molar-refractivity contribution in [2.24, 2.45) is 0 Å². The molecule has 0 bridgehead atoms. The van der Waals surface area contributed by atoms with Gasteiger partial charge < -0.3 is 9.47 Å². The van der Waals surface area contributed by atoms with Gasteiger partial charge in [-0.2, -0.15) is 0 Å². The monoisotopic (exact) mass is 249 g/mol. The highest BCUT2D eigenvalue weighted by Crippen LogP contribution is 2.18. The van der Waals surface area contributed by atoms with Gasteiger partial charge in [0.1, 0.15) is 5.56 Å². The van der Waals surface area contributed by atoms with E-state index >= 15 is 0 Å². The van der Waals surface area contributed by atoms with Gasteiger partial charge in [0.25, 0.3) is 5.69 Å². The molecule has 5 heteroatoms. The van der Waals surface area contributed by atoms with Crippen molar-refractivity contribution in [3.05, 3.63) is 23.5 Å².